The predicted molar refractivity (Wildman–Crippen MR) is 185 cm³/mol. The maximum atomic E-state index is 13.9. The molecule has 10 atom stereocenters. The average molecular weight is 638 g/mol. The van der Waals surface area contributed by atoms with Crippen LogP contribution in [0.15, 0.2) is 35.5 Å². The van der Waals surface area contributed by atoms with Crippen LogP contribution in [0.4, 0.5) is 4.39 Å². The minimum absolute atomic E-state index is 0.00388. The minimum atomic E-state index is -1.25. The first-order chi connectivity index (χ1) is 21.3. The lowest BCUT2D eigenvalue weighted by Gasteiger charge is -2.72. The molecule has 0 saturated heterocycles. The van der Waals surface area contributed by atoms with Crippen LogP contribution in [-0.2, 0) is 4.79 Å². The van der Waals surface area contributed by atoms with Gasteiger partial charge >= 0.3 is 5.97 Å². The first kappa shape index (κ1) is 34.4. The summed E-state index contributed by atoms with van der Waals surface area (Å²) >= 11 is 0. The third-order valence-electron chi connectivity index (χ3n) is 16.2. The normalized spacial score (nSPS) is 46.6. The number of aliphatic carboxylic acids is 1. The van der Waals surface area contributed by atoms with Gasteiger partial charge in [-0.2, -0.15) is 0 Å². The Morgan fingerprint density at radius 2 is 1.67 bits per heavy atom. The lowest BCUT2D eigenvalue weighted by atomic mass is 9.33. The van der Waals surface area contributed by atoms with Crippen LogP contribution >= 0.6 is 0 Å². The maximum Gasteiger partial charge on any atom is 0.312 e. The highest BCUT2D eigenvalue weighted by molar-refractivity contribution is 5.75. The lowest BCUT2D eigenvalue weighted by molar-refractivity contribution is -0.221. The van der Waals surface area contributed by atoms with Crippen LogP contribution in [0.3, 0.4) is 0 Å². The fourth-order valence-corrected chi connectivity index (χ4v) is 13.5. The highest BCUT2D eigenvalue weighted by Crippen LogP contribution is 2.76. The van der Waals surface area contributed by atoms with Crippen LogP contribution in [-0.4, -0.2) is 40.5 Å². The second-order valence-electron chi connectivity index (χ2n) is 19.2. The summed E-state index contributed by atoms with van der Waals surface area (Å²) in [5.41, 5.74) is 2.89. The van der Waals surface area contributed by atoms with Crippen molar-refractivity contribution in [3.63, 3.8) is 0 Å². The van der Waals surface area contributed by atoms with E-state index in [9.17, 15) is 19.4 Å². The van der Waals surface area contributed by atoms with Crippen LogP contribution in [0.1, 0.15) is 132 Å². The quantitative estimate of drug-likeness (QED) is 0.243. The van der Waals surface area contributed by atoms with Crippen molar-refractivity contribution in [2.45, 2.75) is 144 Å². The van der Waals surface area contributed by atoms with Gasteiger partial charge < -0.3 is 15.5 Å². The molecular weight excluding hydrogens is 573 g/mol. The van der Waals surface area contributed by atoms with Gasteiger partial charge in [0.25, 0.3) is 0 Å². The molecule has 0 aromatic rings. The summed E-state index contributed by atoms with van der Waals surface area (Å²) in [7, 11) is 0. The van der Waals surface area contributed by atoms with Gasteiger partial charge in [-0.3, -0.25) is 4.79 Å². The van der Waals surface area contributed by atoms with Gasteiger partial charge in [-0.05, 0) is 160 Å². The number of fused-ring (bicyclic) bond motifs is 7. The molecule has 46 heavy (non-hydrogen) atoms. The van der Waals surface area contributed by atoms with E-state index in [-0.39, 0.29) is 27.2 Å². The number of aliphatic hydroxyl groups is 1. The van der Waals surface area contributed by atoms with Crippen LogP contribution < -0.4 is 5.32 Å². The highest BCUT2D eigenvalue weighted by atomic mass is 19.1. The van der Waals surface area contributed by atoms with E-state index >= 15 is 0 Å². The van der Waals surface area contributed by atoms with Gasteiger partial charge in [0.15, 0.2) is 0 Å². The fraction of sp³-hybridized carbons (Fsp3) is 0.829. The zero-order chi connectivity index (χ0) is 33.7. The molecule has 0 radical (unpaired) electrons. The summed E-state index contributed by atoms with van der Waals surface area (Å²) in [6.45, 7) is 23.4. The summed E-state index contributed by atoms with van der Waals surface area (Å²) in [5, 5.41) is 24.5. The van der Waals surface area contributed by atoms with Crippen molar-refractivity contribution in [2.75, 3.05) is 13.2 Å². The number of carboxylic acids is 1. The number of hydrogen-bond donors (Lipinski definition) is 3. The van der Waals surface area contributed by atoms with Crippen LogP contribution in [0.5, 0.6) is 0 Å². The van der Waals surface area contributed by atoms with Gasteiger partial charge in [-0.1, -0.05) is 58.9 Å². The molecule has 6 aliphatic rings. The summed E-state index contributed by atoms with van der Waals surface area (Å²) in [6.07, 6.45) is 16.9. The van der Waals surface area contributed by atoms with Crippen molar-refractivity contribution in [3.05, 3.63) is 35.5 Å². The average Bonchev–Trinajstić information content (AvgIpc) is 3.36. The molecule has 0 unspecified atom stereocenters. The van der Waals surface area contributed by atoms with E-state index in [1.165, 1.54) is 68.1 Å². The fourth-order valence-electron chi connectivity index (χ4n) is 13.5. The molecule has 0 bridgehead atoms. The first-order valence-electron chi connectivity index (χ1n) is 18.6. The molecule has 6 aliphatic carbocycles. The van der Waals surface area contributed by atoms with Gasteiger partial charge in [0.05, 0.1) is 11.0 Å². The number of nitrogens with one attached hydrogen (secondary N) is 1. The molecule has 0 aromatic heterocycles. The zero-order valence-electron chi connectivity index (χ0n) is 30.3. The van der Waals surface area contributed by atoms with E-state index in [1.807, 2.05) is 13.8 Å². The molecule has 0 aromatic carbocycles. The molecule has 0 aliphatic heterocycles. The van der Waals surface area contributed by atoms with Crippen molar-refractivity contribution in [2.24, 2.45) is 56.7 Å². The van der Waals surface area contributed by atoms with Crippen LogP contribution in [0, 0.1) is 56.7 Å². The van der Waals surface area contributed by atoms with Crippen molar-refractivity contribution in [1.29, 1.82) is 0 Å². The second kappa shape index (κ2) is 11.0. The van der Waals surface area contributed by atoms with Crippen molar-refractivity contribution >= 4 is 5.97 Å². The van der Waals surface area contributed by atoms with E-state index in [1.54, 1.807) is 0 Å². The highest BCUT2D eigenvalue weighted by Gasteiger charge is 2.70. The predicted octanol–water partition coefficient (Wildman–Crippen LogP) is 9.44. The van der Waals surface area contributed by atoms with Gasteiger partial charge in [-0.25, -0.2) is 4.39 Å². The Hall–Kier alpha value is -1.46. The second-order valence-corrected chi connectivity index (χ2v) is 19.2. The molecule has 3 N–H and O–H groups in total. The molecule has 0 spiro atoms. The Bertz CT molecular complexity index is 1320. The van der Waals surface area contributed by atoms with Crippen molar-refractivity contribution in [3.8, 4) is 0 Å². The number of carbonyl (C=O) groups is 1. The molecular formula is C41H64FNO3. The number of carboxylic acid groups (broad SMARTS) is 1. The molecule has 4 nitrogen and oxygen atoms in total. The number of hydrogen-bond acceptors (Lipinski definition) is 3. The molecule has 6 rings (SSSR count). The third kappa shape index (κ3) is 4.81. The van der Waals surface area contributed by atoms with E-state index in [0.29, 0.717) is 55.4 Å². The number of alkyl halides is 1. The number of halogens is 1. The zero-order valence-corrected chi connectivity index (χ0v) is 30.3. The van der Waals surface area contributed by atoms with Crippen LogP contribution in [0.2, 0.25) is 0 Å². The molecule has 5 heteroatoms. The van der Waals surface area contributed by atoms with E-state index < -0.39 is 23.7 Å². The van der Waals surface area contributed by atoms with Gasteiger partial charge in [0.2, 0.25) is 0 Å². The van der Waals surface area contributed by atoms with Gasteiger partial charge in [0.1, 0.15) is 6.67 Å². The SMILES string of the molecule is C=C(C)[C@@H]1CC[C@]2(NCC(C)(C)O)CC[C@]3(C)[C@H](CC[C@@H]4[C@@]5(C)CC=C(C6=CC[C@](CF)(C(=O)O)CC6)C(C)(C)[C@@H]5CC[C@]43C)[C@@H]12. The number of β-amino-alcohol motifs (C(OH)–C–C–N with tert-alkyl or cyclic N) is 1. The number of rotatable bonds is 7. The Kier molecular flexibility index (Phi) is 8.25. The topological polar surface area (TPSA) is 69.6 Å². The summed E-state index contributed by atoms with van der Waals surface area (Å²) in [5.74, 6) is 2.00. The lowest BCUT2D eigenvalue weighted by Crippen LogP contribution is -2.68. The molecule has 4 saturated carbocycles. The molecule has 258 valence electrons. The smallest absolute Gasteiger partial charge is 0.312 e. The van der Waals surface area contributed by atoms with Gasteiger partial charge in [-0.15, -0.1) is 0 Å². The monoisotopic (exact) mass is 637 g/mol. The summed E-state index contributed by atoms with van der Waals surface area (Å²) in [6, 6.07) is 0. The minimum Gasteiger partial charge on any atom is -0.481 e. The van der Waals surface area contributed by atoms with Crippen LogP contribution in [0.25, 0.3) is 0 Å². The van der Waals surface area contributed by atoms with Crippen molar-refractivity contribution < 1.29 is 19.4 Å². The largest absolute Gasteiger partial charge is 0.481 e. The molecule has 0 heterocycles. The molecule has 0 amide bonds. The van der Waals surface area contributed by atoms with Crippen molar-refractivity contribution in [1.82, 2.24) is 5.32 Å². The van der Waals surface area contributed by atoms with Gasteiger partial charge in [0, 0.05) is 12.1 Å². The summed E-state index contributed by atoms with van der Waals surface area (Å²) < 4.78 is 13.9. The Balaban J connectivity index is 1.32. The Labute approximate surface area is 279 Å². The van der Waals surface area contributed by atoms with E-state index in [2.05, 4.69) is 65.6 Å². The Morgan fingerprint density at radius 3 is 2.26 bits per heavy atom. The van der Waals surface area contributed by atoms with E-state index in [4.69, 9.17) is 0 Å². The maximum absolute atomic E-state index is 13.9. The Morgan fingerprint density at radius 1 is 0.957 bits per heavy atom. The first-order valence-corrected chi connectivity index (χ1v) is 18.6. The third-order valence-corrected chi connectivity index (χ3v) is 16.2. The van der Waals surface area contributed by atoms with E-state index in [0.717, 1.165) is 6.42 Å². The number of allylic oxidation sites excluding steroid dienone is 5. The summed E-state index contributed by atoms with van der Waals surface area (Å²) in [4.78, 5) is 11.9. The standard InChI is InChI=1S/C41H64FNO3/c1-26(2)28-14-21-41(43-25-35(3,4)46)23-22-38(8)30(33(28)41)10-11-32-37(7)17-15-29(36(5,6)31(37)16-18-39(32,38)9)27-12-19-40(24-42,20-13-27)34(44)45/h12,15,28,30-33,43,46H,1,10-11,13-14,16-25H2,2-9H3,(H,44,45)/t28-,30+,31-,32+,33+,37-,38+,39+,40-,41-/m0/s1. The molecule has 4 fully saturated rings.